The molecule has 0 spiro atoms. The lowest BCUT2D eigenvalue weighted by molar-refractivity contribution is -0.133. The van der Waals surface area contributed by atoms with Crippen molar-refractivity contribution in [3.8, 4) is 5.88 Å². The van der Waals surface area contributed by atoms with Gasteiger partial charge in [-0.3, -0.25) is 4.79 Å². The molecule has 2 heterocycles. The standard InChI is InChI=1S/C13H16N4O3S/c1-7(8-3-4-8)17-11-10(12(20-2)15-6-14-11)16-13(17)21-5-9(18)19/h6-8H,3-5H2,1-2H3,(H,18,19). The van der Waals surface area contributed by atoms with Gasteiger partial charge in [-0.05, 0) is 25.7 Å². The molecule has 1 aliphatic carbocycles. The third kappa shape index (κ3) is 2.67. The van der Waals surface area contributed by atoms with E-state index in [0.717, 1.165) is 0 Å². The zero-order valence-electron chi connectivity index (χ0n) is 11.8. The zero-order valence-corrected chi connectivity index (χ0v) is 12.6. The minimum atomic E-state index is -0.865. The summed E-state index contributed by atoms with van der Waals surface area (Å²) in [6.45, 7) is 2.12. The van der Waals surface area contributed by atoms with E-state index in [0.29, 0.717) is 28.1 Å². The van der Waals surface area contributed by atoms with Gasteiger partial charge < -0.3 is 14.4 Å². The molecule has 1 fully saturated rings. The molecule has 1 saturated carbocycles. The highest BCUT2D eigenvalue weighted by atomic mass is 32.2. The average Bonchev–Trinajstić information content (AvgIpc) is 3.24. The average molecular weight is 308 g/mol. The molecule has 2 aromatic heterocycles. The van der Waals surface area contributed by atoms with Gasteiger partial charge in [-0.2, -0.15) is 4.98 Å². The summed E-state index contributed by atoms with van der Waals surface area (Å²) in [5.41, 5.74) is 1.29. The SMILES string of the molecule is COc1ncnc2c1nc(SCC(=O)O)n2C(C)C1CC1. The van der Waals surface area contributed by atoms with E-state index in [-0.39, 0.29) is 11.8 Å². The Labute approximate surface area is 125 Å². The van der Waals surface area contributed by atoms with Gasteiger partial charge in [0.25, 0.3) is 0 Å². The fourth-order valence-corrected chi connectivity index (χ4v) is 3.20. The molecule has 0 aromatic carbocycles. The van der Waals surface area contributed by atoms with Gasteiger partial charge in [0.15, 0.2) is 16.3 Å². The first-order valence-corrected chi connectivity index (χ1v) is 7.72. The Hall–Kier alpha value is -1.83. The monoisotopic (exact) mass is 308 g/mol. The molecule has 7 nitrogen and oxygen atoms in total. The lowest BCUT2D eigenvalue weighted by Gasteiger charge is -2.15. The largest absolute Gasteiger partial charge is 0.481 e. The summed E-state index contributed by atoms with van der Waals surface area (Å²) in [6.07, 6.45) is 3.82. The predicted molar refractivity (Wildman–Crippen MR) is 77.7 cm³/mol. The molecule has 0 amide bonds. The highest BCUT2D eigenvalue weighted by molar-refractivity contribution is 7.99. The van der Waals surface area contributed by atoms with Gasteiger partial charge in [-0.25, -0.2) is 9.97 Å². The van der Waals surface area contributed by atoms with Crippen molar-refractivity contribution in [1.82, 2.24) is 19.5 Å². The highest BCUT2D eigenvalue weighted by Gasteiger charge is 2.32. The Morgan fingerprint density at radius 3 is 2.95 bits per heavy atom. The summed E-state index contributed by atoms with van der Waals surface area (Å²) in [6, 6.07) is 0.242. The summed E-state index contributed by atoms with van der Waals surface area (Å²) in [7, 11) is 1.54. The number of ether oxygens (including phenoxy) is 1. The van der Waals surface area contributed by atoms with Gasteiger partial charge in [0.2, 0.25) is 5.88 Å². The van der Waals surface area contributed by atoms with Crippen LogP contribution in [0.3, 0.4) is 0 Å². The number of hydrogen-bond acceptors (Lipinski definition) is 6. The zero-order chi connectivity index (χ0) is 15.0. The molecule has 1 atom stereocenters. The Balaban J connectivity index is 2.09. The molecule has 0 bridgehead atoms. The number of rotatable bonds is 6. The lowest BCUT2D eigenvalue weighted by atomic mass is 10.2. The first-order valence-electron chi connectivity index (χ1n) is 6.73. The molecular formula is C13H16N4O3S. The number of imidazole rings is 1. The van der Waals surface area contributed by atoms with Crippen LogP contribution in [0.2, 0.25) is 0 Å². The minimum absolute atomic E-state index is 0.0313. The van der Waals surface area contributed by atoms with Gasteiger partial charge in [-0.15, -0.1) is 0 Å². The van der Waals surface area contributed by atoms with Crippen LogP contribution in [0.25, 0.3) is 11.2 Å². The number of methoxy groups -OCH3 is 1. The molecule has 0 aliphatic heterocycles. The first kappa shape index (κ1) is 14.1. The molecule has 112 valence electrons. The van der Waals surface area contributed by atoms with Crippen molar-refractivity contribution in [3.05, 3.63) is 6.33 Å². The normalized spacial score (nSPS) is 16.1. The number of hydrogen-bond donors (Lipinski definition) is 1. The van der Waals surface area contributed by atoms with Crippen LogP contribution in [0, 0.1) is 5.92 Å². The van der Waals surface area contributed by atoms with Gasteiger partial charge in [0, 0.05) is 6.04 Å². The van der Waals surface area contributed by atoms with E-state index < -0.39 is 5.97 Å². The number of aliphatic carboxylic acids is 1. The molecule has 3 rings (SSSR count). The Morgan fingerprint density at radius 1 is 1.57 bits per heavy atom. The summed E-state index contributed by atoms with van der Waals surface area (Å²) in [5, 5.41) is 9.55. The van der Waals surface area contributed by atoms with Crippen LogP contribution in [0.15, 0.2) is 11.5 Å². The third-order valence-electron chi connectivity index (χ3n) is 3.64. The van der Waals surface area contributed by atoms with Gasteiger partial charge in [-0.1, -0.05) is 11.8 Å². The second kappa shape index (κ2) is 5.51. The molecule has 1 aliphatic rings. The van der Waals surface area contributed by atoms with Crippen molar-refractivity contribution in [2.75, 3.05) is 12.9 Å². The maximum Gasteiger partial charge on any atom is 0.313 e. The van der Waals surface area contributed by atoms with E-state index >= 15 is 0 Å². The molecular weight excluding hydrogens is 292 g/mol. The van der Waals surface area contributed by atoms with Crippen molar-refractivity contribution in [2.24, 2.45) is 5.92 Å². The molecule has 1 N–H and O–H groups in total. The second-order valence-corrected chi connectivity index (χ2v) is 6.02. The number of aromatic nitrogens is 4. The predicted octanol–water partition coefficient (Wildman–Crippen LogP) is 1.98. The van der Waals surface area contributed by atoms with E-state index in [1.54, 1.807) is 0 Å². The smallest absolute Gasteiger partial charge is 0.313 e. The van der Waals surface area contributed by atoms with E-state index in [1.807, 2.05) is 4.57 Å². The van der Waals surface area contributed by atoms with Gasteiger partial charge in [0.1, 0.15) is 6.33 Å². The van der Waals surface area contributed by atoms with E-state index in [9.17, 15) is 4.79 Å². The maximum atomic E-state index is 10.8. The number of carbonyl (C=O) groups is 1. The first-order chi connectivity index (χ1) is 10.1. The molecule has 21 heavy (non-hydrogen) atoms. The number of thioether (sulfide) groups is 1. The number of nitrogens with zero attached hydrogens (tertiary/aromatic N) is 4. The van der Waals surface area contributed by atoms with Crippen LogP contribution in [-0.2, 0) is 4.79 Å². The van der Waals surface area contributed by atoms with Crippen molar-refractivity contribution in [1.29, 1.82) is 0 Å². The minimum Gasteiger partial charge on any atom is -0.481 e. The molecule has 1 unspecified atom stereocenters. The van der Waals surface area contributed by atoms with Crippen molar-refractivity contribution in [2.45, 2.75) is 31.0 Å². The van der Waals surface area contributed by atoms with Crippen molar-refractivity contribution in [3.63, 3.8) is 0 Å². The van der Waals surface area contributed by atoms with Crippen molar-refractivity contribution >= 4 is 28.9 Å². The quantitative estimate of drug-likeness (QED) is 0.816. The fraction of sp³-hybridized carbons (Fsp3) is 0.538. The molecule has 8 heteroatoms. The third-order valence-corrected chi connectivity index (χ3v) is 4.58. The lowest BCUT2D eigenvalue weighted by Crippen LogP contribution is -2.10. The number of carboxylic acid groups (broad SMARTS) is 1. The maximum absolute atomic E-state index is 10.8. The highest BCUT2D eigenvalue weighted by Crippen LogP contribution is 2.42. The van der Waals surface area contributed by atoms with Crippen molar-refractivity contribution < 1.29 is 14.6 Å². The summed E-state index contributed by atoms with van der Waals surface area (Å²) < 4.78 is 7.24. The van der Waals surface area contributed by atoms with Crippen LogP contribution >= 0.6 is 11.8 Å². The fourth-order valence-electron chi connectivity index (χ4n) is 2.40. The molecule has 0 radical (unpaired) electrons. The van der Waals surface area contributed by atoms with Crippen LogP contribution in [0.1, 0.15) is 25.8 Å². The number of fused-ring (bicyclic) bond motifs is 1. The summed E-state index contributed by atoms with van der Waals surface area (Å²) in [4.78, 5) is 23.7. The Kier molecular flexibility index (Phi) is 3.71. The summed E-state index contributed by atoms with van der Waals surface area (Å²) in [5.74, 6) is 0.124. The topological polar surface area (TPSA) is 90.1 Å². The second-order valence-electron chi connectivity index (χ2n) is 5.08. The summed E-state index contributed by atoms with van der Waals surface area (Å²) >= 11 is 1.20. The number of carboxylic acids is 1. The van der Waals surface area contributed by atoms with Gasteiger partial charge in [0.05, 0.1) is 12.9 Å². The Bertz CT molecular complexity index is 683. The van der Waals surface area contributed by atoms with Gasteiger partial charge >= 0.3 is 5.97 Å². The van der Waals surface area contributed by atoms with Crippen LogP contribution < -0.4 is 4.74 Å². The van der Waals surface area contributed by atoms with Crippen LogP contribution in [0.4, 0.5) is 0 Å². The van der Waals surface area contributed by atoms with E-state index in [2.05, 4.69) is 21.9 Å². The Morgan fingerprint density at radius 2 is 2.33 bits per heavy atom. The van der Waals surface area contributed by atoms with Crippen LogP contribution in [0.5, 0.6) is 5.88 Å². The van der Waals surface area contributed by atoms with E-state index in [1.165, 1.54) is 38.0 Å². The molecule has 0 saturated heterocycles. The molecule has 2 aromatic rings. The van der Waals surface area contributed by atoms with Crippen LogP contribution in [-0.4, -0.2) is 43.5 Å². The van der Waals surface area contributed by atoms with E-state index in [4.69, 9.17) is 9.84 Å².